The summed E-state index contributed by atoms with van der Waals surface area (Å²) in [6.45, 7) is 4.70. The number of pyridine rings is 1. The smallest absolute Gasteiger partial charge is 0.137 e. The van der Waals surface area contributed by atoms with E-state index in [4.69, 9.17) is 4.98 Å². The normalized spacial score (nSPS) is 13.9. The zero-order valence-electron chi connectivity index (χ0n) is 22.4. The zero-order valence-corrected chi connectivity index (χ0v) is 22.4. The van der Waals surface area contributed by atoms with E-state index in [-0.39, 0.29) is 5.41 Å². The van der Waals surface area contributed by atoms with Gasteiger partial charge in [-0.1, -0.05) is 92.7 Å². The average molecular weight is 511 g/mol. The minimum Gasteiger partial charge on any atom is -0.294 e. The maximum Gasteiger partial charge on any atom is 0.137 e. The second-order valence-electron chi connectivity index (χ2n) is 11.6. The molecule has 1 aliphatic carbocycles. The highest BCUT2D eigenvalue weighted by Gasteiger charge is 2.36. The van der Waals surface area contributed by atoms with Crippen molar-refractivity contribution in [1.82, 2.24) is 9.55 Å². The van der Waals surface area contributed by atoms with Gasteiger partial charge in [-0.3, -0.25) is 4.57 Å². The van der Waals surface area contributed by atoms with Gasteiger partial charge in [0, 0.05) is 22.4 Å². The Morgan fingerprint density at radius 3 is 1.75 bits per heavy atom. The van der Waals surface area contributed by atoms with Crippen LogP contribution in [0.3, 0.4) is 0 Å². The Hall–Kier alpha value is -4.95. The van der Waals surface area contributed by atoms with E-state index < -0.39 is 0 Å². The summed E-state index contributed by atoms with van der Waals surface area (Å²) < 4.78 is 2.37. The highest BCUT2D eigenvalue weighted by Crippen LogP contribution is 2.51. The molecule has 0 saturated carbocycles. The first-order valence-corrected chi connectivity index (χ1v) is 14.0. The number of nitrogens with zero attached hydrogens (tertiary/aromatic N) is 2. The Balaban J connectivity index is 1.52. The lowest BCUT2D eigenvalue weighted by atomic mass is 9.82. The topological polar surface area (TPSA) is 17.8 Å². The molecule has 2 heteroatoms. The summed E-state index contributed by atoms with van der Waals surface area (Å²) in [5, 5.41) is 10.3. The van der Waals surface area contributed by atoms with Gasteiger partial charge in [0.15, 0.2) is 0 Å². The van der Waals surface area contributed by atoms with E-state index in [1.165, 1.54) is 76.4 Å². The van der Waals surface area contributed by atoms with Crippen LogP contribution in [0.4, 0.5) is 0 Å². The van der Waals surface area contributed by atoms with Crippen LogP contribution >= 0.6 is 0 Å². The molecule has 8 aromatic rings. The second-order valence-corrected chi connectivity index (χ2v) is 11.6. The third-order valence-corrected chi connectivity index (χ3v) is 9.21. The van der Waals surface area contributed by atoms with Crippen molar-refractivity contribution in [2.75, 3.05) is 0 Å². The lowest BCUT2D eigenvalue weighted by Gasteiger charge is -2.21. The lowest BCUT2D eigenvalue weighted by Crippen LogP contribution is -2.15. The van der Waals surface area contributed by atoms with Crippen LogP contribution in [0.25, 0.3) is 71.1 Å². The van der Waals surface area contributed by atoms with Crippen molar-refractivity contribution in [3.8, 4) is 16.9 Å². The van der Waals surface area contributed by atoms with Gasteiger partial charge in [-0.15, -0.1) is 0 Å². The fourth-order valence-corrected chi connectivity index (χ4v) is 7.34. The van der Waals surface area contributed by atoms with Crippen LogP contribution in [0.15, 0.2) is 121 Å². The summed E-state index contributed by atoms with van der Waals surface area (Å²) in [5.74, 6) is 0.945. The highest BCUT2D eigenvalue weighted by molar-refractivity contribution is 6.29. The molecule has 1 aliphatic rings. The summed E-state index contributed by atoms with van der Waals surface area (Å²) in [6, 6.07) is 42.4. The predicted molar refractivity (Wildman–Crippen MR) is 169 cm³/mol. The molecular weight excluding hydrogens is 484 g/mol. The Morgan fingerprint density at radius 1 is 0.475 bits per heavy atom. The van der Waals surface area contributed by atoms with E-state index in [2.05, 4.69) is 128 Å². The number of fused-ring (bicyclic) bond motifs is 12. The van der Waals surface area contributed by atoms with Crippen LogP contribution in [0.2, 0.25) is 0 Å². The molecular formula is C38H26N2. The maximum absolute atomic E-state index is 4.85. The van der Waals surface area contributed by atoms with Crippen molar-refractivity contribution >= 4 is 54.1 Å². The Labute approximate surface area is 232 Å². The van der Waals surface area contributed by atoms with E-state index in [0.717, 1.165) is 5.82 Å². The first kappa shape index (κ1) is 21.9. The lowest BCUT2D eigenvalue weighted by molar-refractivity contribution is 0.661. The van der Waals surface area contributed by atoms with Gasteiger partial charge in [-0.2, -0.15) is 0 Å². The van der Waals surface area contributed by atoms with E-state index in [1.807, 2.05) is 12.3 Å². The second kappa shape index (κ2) is 7.58. The van der Waals surface area contributed by atoms with Crippen molar-refractivity contribution in [2.24, 2.45) is 0 Å². The van der Waals surface area contributed by atoms with Crippen LogP contribution in [-0.2, 0) is 5.41 Å². The van der Waals surface area contributed by atoms with Crippen molar-refractivity contribution in [3.63, 3.8) is 0 Å². The number of aromatic nitrogens is 2. The molecule has 40 heavy (non-hydrogen) atoms. The third kappa shape index (κ3) is 2.70. The van der Waals surface area contributed by atoms with Gasteiger partial charge in [-0.05, 0) is 91.0 Å². The van der Waals surface area contributed by atoms with Gasteiger partial charge in [0.25, 0.3) is 0 Å². The Kier molecular flexibility index (Phi) is 4.15. The highest BCUT2D eigenvalue weighted by atomic mass is 15.1. The van der Waals surface area contributed by atoms with Gasteiger partial charge in [-0.25, -0.2) is 4.98 Å². The molecule has 2 nitrogen and oxygen atoms in total. The molecule has 0 fully saturated rings. The number of rotatable bonds is 1. The van der Waals surface area contributed by atoms with Crippen molar-refractivity contribution in [3.05, 3.63) is 133 Å². The van der Waals surface area contributed by atoms with Gasteiger partial charge in [0.2, 0.25) is 0 Å². The van der Waals surface area contributed by atoms with Crippen LogP contribution in [-0.4, -0.2) is 9.55 Å². The molecule has 0 unspecified atom stereocenters. The molecule has 2 aromatic heterocycles. The summed E-state index contributed by atoms with van der Waals surface area (Å²) in [5.41, 5.74) is 7.80. The molecule has 0 radical (unpaired) electrons. The maximum atomic E-state index is 4.85. The average Bonchev–Trinajstić information content (AvgIpc) is 3.44. The summed E-state index contributed by atoms with van der Waals surface area (Å²) in [6.07, 6.45) is 1.89. The Bertz CT molecular complexity index is 2340. The quantitative estimate of drug-likeness (QED) is 0.201. The van der Waals surface area contributed by atoms with Crippen molar-refractivity contribution < 1.29 is 0 Å². The summed E-state index contributed by atoms with van der Waals surface area (Å²) in [4.78, 5) is 4.85. The molecule has 0 saturated heterocycles. The van der Waals surface area contributed by atoms with Crippen LogP contribution < -0.4 is 0 Å². The molecule has 9 rings (SSSR count). The SMILES string of the molecule is CC1(C)c2ccccc2-c2cc3c4cc5c6ccccc6c6ccccc6c5cc4n(-c4ccccn4)c3cc21. The molecule has 0 N–H and O–H groups in total. The number of hydrogen-bond acceptors (Lipinski definition) is 1. The fraction of sp³-hybridized carbons (Fsp3) is 0.0789. The summed E-state index contributed by atoms with van der Waals surface area (Å²) >= 11 is 0. The zero-order chi connectivity index (χ0) is 26.6. The van der Waals surface area contributed by atoms with Gasteiger partial charge >= 0.3 is 0 Å². The molecule has 2 heterocycles. The first-order valence-electron chi connectivity index (χ1n) is 14.0. The first-order chi connectivity index (χ1) is 19.6. The van der Waals surface area contributed by atoms with Gasteiger partial charge in [0.05, 0.1) is 11.0 Å². The predicted octanol–water partition coefficient (Wildman–Crippen LogP) is 9.94. The van der Waals surface area contributed by atoms with Crippen molar-refractivity contribution in [1.29, 1.82) is 0 Å². The van der Waals surface area contributed by atoms with Crippen LogP contribution in [0.5, 0.6) is 0 Å². The standard InChI is InChI=1S/C38H26N2/c1-38(2)33-16-8-7-15-27(33)30-20-32-31-19-28-25-13-5-3-11-23(25)24-12-4-6-14-26(24)29(28)21-35(31)40(36(32)22-34(30)38)37-17-9-10-18-39-37/h3-22H,1-2H3. The molecule has 0 bridgehead atoms. The molecule has 6 aromatic carbocycles. The molecule has 0 aliphatic heterocycles. The third-order valence-electron chi connectivity index (χ3n) is 9.21. The molecule has 0 amide bonds. The Morgan fingerprint density at radius 2 is 1.05 bits per heavy atom. The van der Waals surface area contributed by atoms with Gasteiger partial charge in [0.1, 0.15) is 5.82 Å². The van der Waals surface area contributed by atoms with Crippen LogP contribution in [0.1, 0.15) is 25.0 Å². The van der Waals surface area contributed by atoms with E-state index in [1.54, 1.807) is 0 Å². The minimum absolute atomic E-state index is 0.0668. The van der Waals surface area contributed by atoms with Crippen LogP contribution in [0, 0.1) is 0 Å². The number of hydrogen-bond donors (Lipinski definition) is 0. The van der Waals surface area contributed by atoms with Gasteiger partial charge < -0.3 is 0 Å². The van der Waals surface area contributed by atoms with E-state index in [9.17, 15) is 0 Å². The molecule has 0 spiro atoms. The molecule has 188 valence electrons. The largest absolute Gasteiger partial charge is 0.294 e. The van der Waals surface area contributed by atoms with E-state index >= 15 is 0 Å². The summed E-state index contributed by atoms with van der Waals surface area (Å²) in [7, 11) is 0. The van der Waals surface area contributed by atoms with Crippen molar-refractivity contribution in [2.45, 2.75) is 19.3 Å². The van der Waals surface area contributed by atoms with E-state index in [0.29, 0.717) is 0 Å². The molecule has 0 atom stereocenters. The monoisotopic (exact) mass is 510 g/mol. The fourth-order valence-electron chi connectivity index (χ4n) is 7.34. The minimum atomic E-state index is -0.0668. The number of benzene rings is 6.